The van der Waals surface area contributed by atoms with Gasteiger partial charge in [0.15, 0.2) is 5.82 Å². The predicted molar refractivity (Wildman–Crippen MR) is 84.8 cm³/mol. The Bertz CT molecular complexity index is 561. The Morgan fingerprint density at radius 2 is 1.74 bits per heavy atom. The summed E-state index contributed by atoms with van der Waals surface area (Å²) in [4.78, 5) is 16.9. The SMILES string of the molecule is CC(C)[C@@H](NC(=O)NC(C1CC1)C1CC1)c1nc(C2CC2)no1. The molecule has 1 heterocycles. The van der Waals surface area contributed by atoms with E-state index in [-0.39, 0.29) is 18.0 Å². The van der Waals surface area contributed by atoms with Gasteiger partial charge in [-0.3, -0.25) is 0 Å². The molecule has 0 spiro atoms. The number of hydrogen-bond acceptors (Lipinski definition) is 4. The molecule has 23 heavy (non-hydrogen) atoms. The van der Waals surface area contributed by atoms with Gasteiger partial charge in [0.25, 0.3) is 0 Å². The van der Waals surface area contributed by atoms with Crippen molar-refractivity contribution in [2.75, 3.05) is 0 Å². The van der Waals surface area contributed by atoms with Crippen molar-refractivity contribution < 1.29 is 9.32 Å². The minimum atomic E-state index is -0.228. The molecule has 0 bridgehead atoms. The van der Waals surface area contributed by atoms with E-state index in [9.17, 15) is 4.79 Å². The largest absolute Gasteiger partial charge is 0.337 e. The van der Waals surface area contributed by atoms with Crippen LogP contribution in [-0.2, 0) is 0 Å². The normalized spacial score (nSPS) is 22.4. The van der Waals surface area contributed by atoms with Crippen LogP contribution in [0.2, 0.25) is 0 Å². The standard InChI is InChI=1S/C17H26N4O2/c1-9(2)13(16-20-15(21-23-16)12-7-8-12)18-17(22)19-14(10-3-4-10)11-5-6-11/h9-14H,3-8H2,1-2H3,(H2,18,19,22)/t13-/m1/s1. The summed E-state index contributed by atoms with van der Waals surface area (Å²) in [7, 11) is 0. The highest BCUT2D eigenvalue weighted by atomic mass is 16.5. The van der Waals surface area contributed by atoms with Gasteiger partial charge in [0.05, 0.1) is 0 Å². The zero-order chi connectivity index (χ0) is 16.0. The van der Waals surface area contributed by atoms with E-state index in [0.717, 1.165) is 18.7 Å². The quantitative estimate of drug-likeness (QED) is 0.809. The van der Waals surface area contributed by atoms with Crippen LogP contribution in [0.4, 0.5) is 4.79 Å². The van der Waals surface area contributed by atoms with Crippen LogP contribution in [-0.4, -0.2) is 22.2 Å². The van der Waals surface area contributed by atoms with Crippen molar-refractivity contribution in [2.45, 2.75) is 70.4 Å². The highest BCUT2D eigenvalue weighted by molar-refractivity contribution is 5.74. The van der Waals surface area contributed by atoms with Crippen molar-refractivity contribution in [1.82, 2.24) is 20.8 Å². The van der Waals surface area contributed by atoms with Crippen LogP contribution >= 0.6 is 0 Å². The molecule has 0 aromatic carbocycles. The molecular formula is C17H26N4O2. The highest BCUT2D eigenvalue weighted by Gasteiger charge is 2.42. The van der Waals surface area contributed by atoms with E-state index in [4.69, 9.17) is 4.52 Å². The molecule has 6 heteroatoms. The fourth-order valence-corrected chi connectivity index (χ4v) is 3.26. The van der Waals surface area contributed by atoms with Crippen molar-refractivity contribution in [3.63, 3.8) is 0 Å². The number of amides is 2. The van der Waals surface area contributed by atoms with E-state index in [1.807, 2.05) is 0 Å². The number of hydrogen-bond donors (Lipinski definition) is 2. The Labute approximate surface area is 136 Å². The summed E-state index contributed by atoms with van der Waals surface area (Å²) < 4.78 is 5.41. The minimum absolute atomic E-state index is 0.0985. The first-order chi connectivity index (χ1) is 11.1. The number of rotatable bonds is 7. The molecule has 3 aliphatic carbocycles. The van der Waals surface area contributed by atoms with Crippen LogP contribution in [0.5, 0.6) is 0 Å². The maximum absolute atomic E-state index is 12.4. The van der Waals surface area contributed by atoms with Crippen molar-refractivity contribution in [1.29, 1.82) is 0 Å². The van der Waals surface area contributed by atoms with Gasteiger partial charge < -0.3 is 15.2 Å². The monoisotopic (exact) mass is 318 g/mol. The molecule has 126 valence electrons. The fraction of sp³-hybridized carbons (Fsp3) is 0.824. The van der Waals surface area contributed by atoms with Crippen LogP contribution in [0.15, 0.2) is 4.52 Å². The smallest absolute Gasteiger partial charge is 0.315 e. The second-order valence-electron chi connectivity index (χ2n) is 7.81. The van der Waals surface area contributed by atoms with Crippen LogP contribution < -0.4 is 10.6 Å². The minimum Gasteiger partial charge on any atom is -0.337 e. The number of nitrogens with zero attached hydrogens (tertiary/aromatic N) is 2. The first kappa shape index (κ1) is 15.0. The van der Waals surface area contributed by atoms with Crippen molar-refractivity contribution in [3.05, 3.63) is 11.7 Å². The Balaban J connectivity index is 1.39. The van der Waals surface area contributed by atoms with Crippen molar-refractivity contribution in [2.24, 2.45) is 17.8 Å². The molecule has 2 amide bonds. The average Bonchev–Trinajstić information content (AvgIpc) is 3.36. The molecule has 3 saturated carbocycles. The maximum Gasteiger partial charge on any atom is 0.315 e. The Hall–Kier alpha value is -1.59. The molecule has 3 aliphatic rings. The molecule has 0 unspecified atom stereocenters. The molecule has 0 aliphatic heterocycles. The summed E-state index contributed by atoms with van der Waals surface area (Å²) in [6.45, 7) is 4.12. The molecule has 0 saturated heterocycles. The van der Waals surface area contributed by atoms with Gasteiger partial charge in [0.1, 0.15) is 6.04 Å². The van der Waals surface area contributed by atoms with Gasteiger partial charge >= 0.3 is 6.03 Å². The summed E-state index contributed by atoms with van der Waals surface area (Å²) in [6, 6.07) is 0.0280. The topological polar surface area (TPSA) is 80.0 Å². The zero-order valence-corrected chi connectivity index (χ0v) is 13.9. The Morgan fingerprint density at radius 3 is 2.26 bits per heavy atom. The highest BCUT2D eigenvalue weighted by Crippen LogP contribution is 2.44. The first-order valence-corrected chi connectivity index (χ1v) is 9.02. The lowest BCUT2D eigenvalue weighted by atomic mass is 10.0. The number of urea groups is 1. The van der Waals surface area contributed by atoms with E-state index in [1.54, 1.807) is 0 Å². The molecule has 6 nitrogen and oxygen atoms in total. The fourth-order valence-electron chi connectivity index (χ4n) is 3.26. The van der Waals surface area contributed by atoms with Gasteiger partial charge in [0, 0.05) is 12.0 Å². The lowest BCUT2D eigenvalue weighted by molar-refractivity contribution is 0.218. The molecule has 1 atom stereocenters. The van der Waals surface area contributed by atoms with Gasteiger partial charge in [-0.05, 0) is 56.3 Å². The summed E-state index contributed by atoms with van der Waals surface area (Å²) in [5.74, 6) is 3.37. The van der Waals surface area contributed by atoms with Crippen LogP contribution in [0.3, 0.4) is 0 Å². The van der Waals surface area contributed by atoms with E-state index in [0.29, 0.717) is 29.7 Å². The number of aromatic nitrogens is 2. The van der Waals surface area contributed by atoms with Crippen molar-refractivity contribution in [3.8, 4) is 0 Å². The maximum atomic E-state index is 12.4. The third-order valence-electron chi connectivity index (χ3n) is 5.18. The summed E-state index contributed by atoms with van der Waals surface area (Å²) >= 11 is 0. The van der Waals surface area contributed by atoms with Crippen LogP contribution in [0.1, 0.15) is 76.0 Å². The van der Waals surface area contributed by atoms with Gasteiger partial charge in [-0.1, -0.05) is 19.0 Å². The van der Waals surface area contributed by atoms with Gasteiger partial charge in [-0.2, -0.15) is 4.98 Å². The van der Waals surface area contributed by atoms with E-state index in [2.05, 4.69) is 34.6 Å². The third-order valence-corrected chi connectivity index (χ3v) is 5.18. The summed E-state index contributed by atoms with van der Waals surface area (Å²) in [5, 5.41) is 10.3. The summed E-state index contributed by atoms with van der Waals surface area (Å²) in [6.07, 6.45) is 7.30. The van der Waals surface area contributed by atoms with Gasteiger partial charge in [-0.25, -0.2) is 4.79 Å². The van der Waals surface area contributed by atoms with Gasteiger partial charge in [-0.15, -0.1) is 0 Å². The van der Waals surface area contributed by atoms with E-state index < -0.39 is 0 Å². The summed E-state index contributed by atoms with van der Waals surface area (Å²) in [5.41, 5.74) is 0. The second kappa shape index (κ2) is 5.80. The third kappa shape index (κ3) is 3.51. The molecular weight excluding hydrogens is 292 g/mol. The number of carbonyl (C=O) groups excluding carboxylic acids is 1. The van der Waals surface area contributed by atoms with Gasteiger partial charge in [0.2, 0.25) is 5.89 Å². The van der Waals surface area contributed by atoms with Crippen molar-refractivity contribution >= 4 is 6.03 Å². The van der Waals surface area contributed by atoms with E-state index in [1.165, 1.54) is 25.7 Å². The molecule has 1 aromatic heterocycles. The second-order valence-corrected chi connectivity index (χ2v) is 7.81. The van der Waals surface area contributed by atoms with Crippen LogP contribution in [0, 0.1) is 17.8 Å². The lowest BCUT2D eigenvalue weighted by Crippen LogP contribution is -2.46. The number of carbonyl (C=O) groups is 1. The molecule has 4 rings (SSSR count). The molecule has 3 fully saturated rings. The zero-order valence-electron chi connectivity index (χ0n) is 13.9. The lowest BCUT2D eigenvalue weighted by Gasteiger charge is -2.22. The van der Waals surface area contributed by atoms with E-state index >= 15 is 0 Å². The molecule has 1 aromatic rings. The molecule has 0 radical (unpaired) electrons. The van der Waals surface area contributed by atoms with Crippen LogP contribution in [0.25, 0.3) is 0 Å². The Kier molecular flexibility index (Phi) is 3.77. The molecule has 2 N–H and O–H groups in total. The average molecular weight is 318 g/mol. The predicted octanol–water partition coefficient (Wildman–Crippen LogP) is 3.13. The Morgan fingerprint density at radius 1 is 1.09 bits per heavy atom. The number of nitrogens with one attached hydrogen (secondary N) is 2. The first-order valence-electron chi connectivity index (χ1n) is 9.02.